The Kier molecular flexibility index (Phi) is 8.13. The molecule has 0 saturated carbocycles. The van der Waals surface area contributed by atoms with E-state index in [1.54, 1.807) is 0 Å². The van der Waals surface area contributed by atoms with Gasteiger partial charge in [-0.2, -0.15) is 4.98 Å². The number of hydrogen-bond donors (Lipinski definition) is 0. The molecule has 8 heteroatoms. The van der Waals surface area contributed by atoms with Crippen LogP contribution in [0.3, 0.4) is 0 Å². The van der Waals surface area contributed by atoms with E-state index in [0.29, 0.717) is 19.0 Å². The Morgan fingerprint density at radius 3 is 2.58 bits per heavy atom. The van der Waals surface area contributed by atoms with Crippen LogP contribution < -0.4 is 0 Å². The molecule has 1 unspecified atom stereocenters. The molecule has 0 N–H and O–H groups in total. The first kappa shape index (κ1) is 25.6. The van der Waals surface area contributed by atoms with Crippen molar-refractivity contribution in [1.82, 2.24) is 15.0 Å². The van der Waals surface area contributed by atoms with E-state index in [0.717, 1.165) is 24.9 Å². The highest BCUT2D eigenvalue weighted by Crippen LogP contribution is 2.38. The van der Waals surface area contributed by atoms with Crippen molar-refractivity contribution in [2.24, 2.45) is 5.92 Å². The van der Waals surface area contributed by atoms with Crippen molar-refractivity contribution in [3.05, 3.63) is 36.2 Å². The van der Waals surface area contributed by atoms with Crippen LogP contribution in [0.4, 0.5) is 0 Å². The third kappa shape index (κ3) is 6.31. The summed E-state index contributed by atoms with van der Waals surface area (Å²) in [4.78, 5) is 20.0. The van der Waals surface area contributed by atoms with Crippen molar-refractivity contribution in [3.63, 3.8) is 0 Å². The Hall–Kier alpha value is -2.03. The van der Waals surface area contributed by atoms with Gasteiger partial charge in [-0.05, 0) is 43.4 Å². The Balaban J connectivity index is 1.84. The summed E-state index contributed by atoms with van der Waals surface area (Å²) < 4.78 is 17.8. The Labute approximate surface area is 199 Å². The van der Waals surface area contributed by atoms with Gasteiger partial charge in [-0.3, -0.25) is 4.90 Å². The van der Waals surface area contributed by atoms with Crippen LogP contribution in [0.15, 0.2) is 34.9 Å². The fourth-order valence-corrected chi connectivity index (χ4v) is 4.70. The van der Waals surface area contributed by atoms with Gasteiger partial charge in [-0.15, -0.1) is 0 Å². The van der Waals surface area contributed by atoms with Gasteiger partial charge in [0.1, 0.15) is 0 Å². The number of esters is 1. The van der Waals surface area contributed by atoms with Crippen LogP contribution in [-0.4, -0.2) is 55.1 Å². The van der Waals surface area contributed by atoms with Gasteiger partial charge in [0.25, 0.3) is 5.89 Å². The number of carbonyl (C=O) groups excluding carboxylic acids is 1. The van der Waals surface area contributed by atoms with E-state index in [9.17, 15) is 4.79 Å². The second kappa shape index (κ2) is 10.5. The highest BCUT2D eigenvalue weighted by Gasteiger charge is 2.43. The number of rotatable bonds is 9. The van der Waals surface area contributed by atoms with E-state index in [4.69, 9.17) is 13.7 Å². The molecule has 0 spiro atoms. The molecule has 1 aromatic heterocycles. The number of likely N-dealkylation sites (tertiary alicyclic amines) is 1. The summed E-state index contributed by atoms with van der Waals surface area (Å²) in [6.45, 7) is 17.0. The van der Waals surface area contributed by atoms with Crippen molar-refractivity contribution < 1.29 is 18.5 Å². The van der Waals surface area contributed by atoms with E-state index in [1.165, 1.54) is 0 Å². The van der Waals surface area contributed by atoms with Crippen LogP contribution in [-0.2, 0) is 14.0 Å². The monoisotopic (exact) mass is 473 g/mol. The molecule has 182 valence electrons. The Bertz CT molecular complexity index is 908. The van der Waals surface area contributed by atoms with Crippen LogP contribution in [0.5, 0.6) is 0 Å². The van der Waals surface area contributed by atoms with Crippen molar-refractivity contribution in [2.75, 3.05) is 19.8 Å². The summed E-state index contributed by atoms with van der Waals surface area (Å²) in [5.74, 6) is 0.655. The lowest BCUT2D eigenvalue weighted by atomic mass is 10.2. The lowest BCUT2D eigenvalue weighted by Crippen LogP contribution is -2.46. The van der Waals surface area contributed by atoms with Crippen LogP contribution >= 0.6 is 0 Å². The Morgan fingerprint density at radius 1 is 1.24 bits per heavy atom. The average molecular weight is 474 g/mol. The predicted octanol–water partition coefficient (Wildman–Crippen LogP) is 5.46. The lowest BCUT2D eigenvalue weighted by Gasteiger charge is -2.38. The predicted molar refractivity (Wildman–Crippen MR) is 131 cm³/mol. The van der Waals surface area contributed by atoms with Crippen LogP contribution in [0.1, 0.15) is 59.4 Å². The number of carbonyl (C=O) groups is 1. The first-order valence-electron chi connectivity index (χ1n) is 11.9. The fourth-order valence-electron chi connectivity index (χ4n) is 3.65. The molecule has 1 saturated heterocycles. The summed E-state index contributed by atoms with van der Waals surface area (Å²) >= 11 is 0. The normalized spacial score (nSPS) is 18.6. The van der Waals surface area contributed by atoms with Crippen molar-refractivity contribution in [2.45, 2.75) is 77.7 Å². The van der Waals surface area contributed by atoms with Gasteiger partial charge in [0.2, 0.25) is 5.82 Å². The minimum absolute atomic E-state index is 0.0998. The lowest BCUT2D eigenvalue weighted by molar-refractivity contribution is -0.153. The molecule has 7 nitrogen and oxygen atoms in total. The summed E-state index contributed by atoms with van der Waals surface area (Å²) in [5.41, 5.74) is 0.848. The summed E-state index contributed by atoms with van der Waals surface area (Å²) in [5, 5.41) is 4.28. The molecule has 0 aliphatic carbocycles. The molecule has 3 rings (SSSR count). The number of aromatic nitrogens is 2. The van der Waals surface area contributed by atoms with Gasteiger partial charge >= 0.3 is 5.97 Å². The smallest absolute Gasteiger partial charge is 0.333 e. The van der Waals surface area contributed by atoms with E-state index in [2.05, 4.69) is 48.9 Å². The molecule has 1 aliphatic heterocycles. The SMILES string of the molecule is CC(C)COC(=O)C(c1nc(-c2ccccc2)no1)N1CCC[C@H]1CO[Si](C)(C)C(C)(C)C. The number of hydrogen-bond acceptors (Lipinski definition) is 7. The zero-order valence-electron chi connectivity index (χ0n) is 21.1. The number of ether oxygens (including phenoxy) is 1. The Morgan fingerprint density at radius 2 is 1.94 bits per heavy atom. The second-order valence-corrected chi connectivity index (χ2v) is 15.7. The minimum atomic E-state index is -1.91. The third-order valence-electron chi connectivity index (χ3n) is 6.69. The minimum Gasteiger partial charge on any atom is -0.464 e. The van der Waals surface area contributed by atoms with Crippen molar-refractivity contribution in [3.8, 4) is 11.4 Å². The van der Waals surface area contributed by atoms with Gasteiger partial charge in [0.15, 0.2) is 14.4 Å². The maximum atomic E-state index is 13.3. The quantitative estimate of drug-likeness (QED) is 0.353. The third-order valence-corrected chi connectivity index (χ3v) is 11.2. The van der Waals surface area contributed by atoms with Crippen molar-refractivity contribution in [1.29, 1.82) is 0 Å². The molecule has 2 atom stereocenters. The molecule has 2 heterocycles. The molecular formula is C25H39N3O4Si. The standard InChI is InChI=1S/C25H39N3O4Si/c1-18(2)16-30-24(29)21(23-26-22(27-32-23)19-12-9-8-10-13-19)28-15-11-14-20(28)17-31-33(6,7)25(3,4)5/h8-10,12-13,18,20-21H,11,14-17H2,1-7H3/t20-,21?/m0/s1. The maximum Gasteiger partial charge on any atom is 0.333 e. The van der Waals surface area contributed by atoms with Crippen molar-refractivity contribution >= 4 is 14.3 Å². The second-order valence-electron chi connectivity index (χ2n) is 10.9. The summed E-state index contributed by atoms with van der Waals surface area (Å²) in [6, 6.07) is 9.00. The average Bonchev–Trinajstić information content (AvgIpc) is 3.41. The van der Waals surface area contributed by atoms with Gasteiger partial charge in [0.05, 0.1) is 6.61 Å². The summed E-state index contributed by atoms with van der Waals surface area (Å²) in [6.07, 6.45) is 1.95. The molecule has 1 aromatic carbocycles. The molecule has 2 aromatic rings. The highest BCUT2D eigenvalue weighted by molar-refractivity contribution is 6.74. The molecular weight excluding hydrogens is 434 g/mol. The maximum absolute atomic E-state index is 13.3. The number of nitrogens with zero attached hydrogens (tertiary/aromatic N) is 3. The van der Waals surface area contributed by atoms with E-state index >= 15 is 0 Å². The van der Waals surface area contributed by atoms with E-state index < -0.39 is 14.4 Å². The highest BCUT2D eigenvalue weighted by atomic mass is 28.4. The topological polar surface area (TPSA) is 77.7 Å². The molecule has 33 heavy (non-hydrogen) atoms. The largest absolute Gasteiger partial charge is 0.464 e. The first-order valence-corrected chi connectivity index (χ1v) is 14.9. The molecule has 0 amide bonds. The van der Waals surface area contributed by atoms with E-state index in [-0.39, 0.29) is 28.9 Å². The first-order chi connectivity index (χ1) is 15.5. The van der Waals surface area contributed by atoms with Gasteiger partial charge in [-0.1, -0.05) is 70.1 Å². The van der Waals surface area contributed by atoms with Gasteiger partial charge in [-0.25, -0.2) is 4.79 Å². The van der Waals surface area contributed by atoms with Gasteiger partial charge < -0.3 is 13.7 Å². The molecule has 1 aliphatic rings. The number of benzene rings is 1. The fraction of sp³-hybridized carbons (Fsp3) is 0.640. The molecule has 0 bridgehead atoms. The van der Waals surface area contributed by atoms with Crippen LogP contribution in [0.25, 0.3) is 11.4 Å². The zero-order chi connectivity index (χ0) is 24.2. The molecule has 1 fully saturated rings. The molecule has 0 radical (unpaired) electrons. The van der Waals surface area contributed by atoms with E-state index in [1.807, 2.05) is 44.2 Å². The van der Waals surface area contributed by atoms with Crippen LogP contribution in [0, 0.1) is 5.92 Å². The van der Waals surface area contributed by atoms with Crippen LogP contribution in [0.2, 0.25) is 18.1 Å². The zero-order valence-corrected chi connectivity index (χ0v) is 22.1. The summed E-state index contributed by atoms with van der Waals surface area (Å²) in [7, 11) is -1.91. The van der Waals surface area contributed by atoms with Gasteiger partial charge in [0, 0.05) is 18.2 Å².